The number of nitrogens with one attached hydrogen (secondary N) is 1. The second kappa shape index (κ2) is 6.19. The summed E-state index contributed by atoms with van der Waals surface area (Å²) < 4.78 is 15.4. The van der Waals surface area contributed by atoms with Crippen molar-refractivity contribution in [3.8, 4) is 11.4 Å². The van der Waals surface area contributed by atoms with E-state index in [1.54, 1.807) is 28.9 Å². The maximum absolute atomic E-state index is 13.8. The molecule has 0 bridgehead atoms. The molecular weight excluding hydrogens is 357 g/mol. The summed E-state index contributed by atoms with van der Waals surface area (Å²) >= 11 is 1.35. The second-order valence-corrected chi connectivity index (χ2v) is 6.47. The summed E-state index contributed by atoms with van der Waals surface area (Å²) in [5, 5.41) is 16.5. The molecule has 0 atom stereocenters. The summed E-state index contributed by atoms with van der Waals surface area (Å²) in [6, 6.07) is 7.57. The van der Waals surface area contributed by atoms with E-state index in [-0.39, 0.29) is 11.3 Å². The van der Waals surface area contributed by atoms with Gasteiger partial charge in [0.25, 0.3) is 5.69 Å². The number of anilines is 2. The minimum Gasteiger partial charge on any atom is -0.331 e. The van der Waals surface area contributed by atoms with Crippen molar-refractivity contribution >= 4 is 33.5 Å². The lowest BCUT2D eigenvalue weighted by Gasteiger charge is -2.06. The fraction of sp³-hybridized carbons (Fsp3) is 0.0588. The number of pyridine rings is 1. The molecular formula is C17H12FN5O2S. The quantitative estimate of drug-likeness (QED) is 0.421. The number of halogens is 1. The number of benzene rings is 1. The molecule has 0 aliphatic carbocycles. The van der Waals surface area contributed by atoms with Crippen molar-refractivity contribution in [3.05, 3.63) is 69.6 Å². The summed E-state index contributed by atoms with van der Waals surface area (Å²) in [6.45, 7) is 1.85. The number of aromatic nitrogens is 3. The normalized spacial score (nSPS) is 11.0. The summed E-state index contributed by atoms with van der Waals surface area (Å²) in [5.41, 5.74) is 3.03. The fourth-order valence-electron chi connectivity index (χ4n) is 2.59. The average Bonchev–Trinajstić information content (AvgIpc) is 3.24. The molecule has 1 N–H and O–H groups in total. The SMILES string of the molecule is Cc1ccc([N+](=O)[O-])cc1Nc1nc(-c2cnc3c(F)cccn23)cs1. The van der Waals surface area contributed by atoms with Gasteiger partial charge in [-0.25, -0.2) is 14.4 Å². The molecule has 7 nitrogen and oxygen atoms in total. The molecule has 1 aromatic carbocycles. The molecule has 3 heterocycles. The fourth-order valence-corrected chi connectivity index (χ4v) is 3.30. The van der Waals surface area contributed by atoms with Crippen LogP contribution in [0.4, 0.5) is 20.9 Å². The van der Waals surface area contributed by atoms with Crippen LogP contribution in [0.3, 0.4) is 0 Å². The lowest BCUT2D eigenvalue weighted by atomic mass is 10.2. The Hall–Kier alpha value is -3.33. The molecule has 130 valence electrons. The van der Waals surface area contributed by atoms with Crippen molar-refractivity contribution in [2.75, 3.05) is 5.32 Å². The summed E-state index contributed by atoms with van der Waals surface area (Å²) in [4.78, 5) is 19.1. The number of non-ortho nitro benzene ring substituents is 1. The van der Waals surface area contributed by atoms with Crippen molar-refractivity contribution in [3.63, 3.8) is 0 Å². The molecule has 0 aliphatic heterocycles. The third-order valence-corrected chi connectivity index (χ3v) is 4.69. The van der Waals surface area contributed by atoms with Crippen LogP contribution in [-0.4, -0.2) is 19.3 Å². The standard InChI is InChI=1S/C17H12FN5O2S/c1-10-4-5-11(23(24)25)7-13(10)20-17-21-14(9-26-17)15-8-19-16-12(18)3-2-6-22(15)16/h2-9H,1H3,(H,20,21). The monoisotopic (exact) mass is 369 g/mol. The summed E-state index contributed by atoms with van der Waals surface area (Å²) in [6.07, 6.45) is 3.29. The van der Waals surface area contributed by atoms with E-state index < -0.39 is 10.7 Å². The number of nitro benzene ring substituents is 1. The Bertz CT molecular complexity index is 1140. The van der Waals surface area contributed by atoms with Crippen LogP contribution in [0.25, 0.3) is 17.0 Å². The highest BCUT2D eigenvalue weighted by Gasteiger charge is 2.14. The second-order valence-electron chi connectivity index (χ2n) is 5.61. The summed E-state index contributed by atoms with van der Waals surface area (Å²) in [7, 11) is 0. The van der Waals surface area contributed by atoms with Crippen LogP contribution in [0.5, 0.6) is 0 Å². The van der Waals surface area contributed by atoms with Gasteiger partial charge < -0.3 is 5.32 Å². The highest BCUT2D eigenvalue weighted by Crippen LogP contribution is 2.30. The number of fused-ring (bicyclic) bond motifs is 1. The molecule has 0 radical (unpaired) electrons. The van der Waals surface area contributed by atoms with Gasteiger partial charge in [-0.05, 0) is 24.6 Å². The Kier molecular flexibility index (Phi) is 3.85. The number of nitrogens with zero attached hydrogens (tertiary/aromatic N) is 4. The van der Waals surface area contributed by atoms with Crippen molar-refractivity contribution in [2.45, 2.75) is 6.92 Å². The highest BCUT2D eigenvalue weighted by atomic mass is 32.1. The number of rotatable bonds is 4. The van der Waals surface area contributed by atoms with Crippen LogP contribution in [0.2, 0.25) is 0 Å². The first-order chi connectivity index (χ1) is 12.5. The van der Waals surface area contributed by atoms with Crippen molar-refractivity contribution < 1.29 is 9.31 Å². The highest BCUT2D eigenvalue weighted by molar-refractivity contribution is 7.14. The number of thiazole rings is 1. The summed E-state index contributed by atoms with van der Waals surface area (Å²) in [5.74, 6) is -0.403. The van der Waals surface area contributed by atoms with Gasteiger partial charge in [0, 0.05) is 23.7 Å². The van der Waals surface area contributed by atoms with Crippen LogP contribution in [-0.2, 0) is 0 Å². The van der Waals surface area contributed by atoms with E-state index in [0.717, 1.165) is 5.56 Å². The zero-order chi connectivity index (χ0) is 18.3. The Labute approximate surface area is 150 Å². The van der Waals surface area contributed by atoms with Gasteiger partial charge in [0.1, 0.15) is 5.69 Å². The molecule has 0 saturated heterocycles. The molecule has 0 unspecified atom stereocenters. The maximum atomic E-state index is 13.8. The van der Waals surface area contributed by atoms with E-state index in [9.17, 15) is 14.5 Å². The Morgan fingerprint density at radius 3 is 3.00 bits per heavy atom. The number of aryl methyl sites for hydroxylation is 1. The largest absolute Gasteiger partial charge is 0.331 e. The Morgan fingerprint density at radius 2 is 2.19 bits per heavy atom. The van der Waals surface area contributed by atoms with Gasteiger partial charge >= 0.3 is 0 Å². The predicted molar refractivity (Wildman–Crippen MR) is 97.4 cm³/mol. The van der Waals surface area contributed by atoms with Crippen LogP contribution in [0, 0.1) is 22.9 Å². The molecule has 26 heavy (non-hydrogen) atoms. The third-order valence-electron chi connectivity index (χ3n) is 3.93. The van der Waals surface area contributed by atoms with Crippen LogP contribution in [0.1, 0.15) is 5.56 Å². The van der Waals surface area contributed by atoms with E-state index >= 15 is 0 Å². The van der Waals surface area contributed by atoms with E-state index in [2.05, 4.69) is 15.3 Å². The lowest BCUT2D eigenvalue weighted by Crippen LogP contribution is -1.96. The Balaban J connectivity index is 1.67. The molecule has 0 aliphatic rings. The number of hydrogen-bond donors (Lipinski definition) is 1. The first kappa shape index (κ1) is 16.2. The van der Waals surface area contributed by atoms with Crippen LogP contribution in [0.15, 0.2) is 48.1 Å². The molecule has 0 spiro atoms. The number of hydrogen-bond acceptors (Lipinski definition) is 6. The molecule has 0 fully saturated rings. The minimum atomic E-state index is -0.440. The zero-order valence-electron chi connectivity index (χ0n) is 13.5. The smallest absolute Gasteiger partial charge is 0.271 e. The van der Waals surface area contributed by atoms with E-state index in [0.29, 0.717) is 22.2 Å². The van der Waals surface area contributed by atoms with E-state index in [4.69, 9.17) is 0 Å². The molecule has 3 aromatic heterocycles. The number of imidazole rings is 1. The Morgan fingerprint density at radius 1 is 1.35 bits per heavy atom. The topological polar surface area (TPSA) is 85.4 Å². The number of nitro groups is 1. The van der Waals surface area contributed by atoms with Gasteiger partial charge in [0.15, 0.2) is 16.6 Å². The van der Waals surface area contributed by atoms with Gasteiger partial charge in [0.05, 0.1) is 22.5 Å². The average molecular weight is 369 g/mol. The molecule has 0 amide bonds. The maximum Gasteiger partial charge on any atom is 0.271 e. The van der Waals surface area contributed by atoms with Crippen LogP contribution < -0.4 is 5.32 Å². The van der Waals surface area contributed by atoms with Crippen LogP contribution >= 0.6 is 11.3 Å². The molecule has 4 aromatic rings. The zero-order valence-corrected chi connectivity index (χ0v) is 14.3. The predicted octanol–water partition coefficient (Wildman–Crippen LogP) is 4.56. The van der Waals surface area contributed by atoms with Gasteiger partial charge in [0.2, 0.25) is 0 Å². The van der Waals surface area contributed by atoms with E-state index in [1.165, 1.54) is 29.5 Å². The van der Waals surface area contributed by atoms with Crippen molar-refractivity contribution in [1.82, 2.24) is 14.4 Å². The first-order valence-electron chi connectivity index (χ1n) is 7.62. The van der Waals surface area contributed by atoms with E-state index in [1.807, 2.05) is 12.3 Å². The van der Waals surface area contributed by atoms with Gasteiger partial charge in [-0.3, -0.25) is 14.5 Å². The first-order valence-corrected chi connectivity index (χ1v) is 8.50. The van der Waals surface area contributed by atoms with Crippen molar-refractivity contribution in [2.24, 2.45) is 0 Å². The minimum absolute atomic E-state index is 0.00661. The molecule has 9 heteroatoms. The van der Waals surface area contributed by atoms with Gasteiger partial charge in [-0.1, -0.05) is 6.07 Å². The lowest BCUT2D eigenvalue weighted by molar-refractivity contribution is -0.384. The van der Waals surface area contributed by atoms with Crippen molar-refractivity contribution in [1.29, 1.82) is 0 Å². The molecule has 0 saturated carbocycles. The van der Waals surface area contributed by atoms with Gasteiger partial charge in [-0.15, -0.1) is 11.3 Å². The third kappa shape index (κ3) is 2.78. The van der Waals surface area contributed by atoms with Gasteiger partial charge in [-0.2, -0.15) is 0 Å². The molecule has 4 rings (SSSR count).